The maximum atomic E-state index is 12.5. The van der Waals surface area contributed by atoms with E-state index in [0.29, 0.717) is 17.8 Å². The van der Waals surface area contributed by atoms with Crippen molar-refractivity contribution in [3.8, 4) is 0 Å². The number of hydrogen-bond acceptors (Lipinski definition) is 3. The lowest BCUT2D eigenvalue weighted by Gasteiger charge is -2.31. The Kier molecular flexibility index (Phi) is 3.07. The molecule has 2 aromatic rings. The van der Waals surface area contributed by atoms with Crippen LogP contribution in [0.2, 0.25) is 0 Å². The van der Waals surface area contributed by atoms with E-state index in [1.54, 1.807) is 0 Å². The molecule has 6 heteroatoms. The number of aromatic nitrogens is 2. The maximum absolute atomic E-state index is 12.5. The molecule has 0 radical (unpaired) electrons. The second-order valence-electron chi connectivity index (χ2n) is 5.65. The zero-order valence-electron chi connectivity index (χ0n) is 11.7. The summed E-state index contributed by atoms with van der Waals surface area (Å²) in [6, 6.07) is 7.79. The fourth-order valence-electron chi connectivity index (χ4n) is 3.38. The fourth-order valence-corrected chi connectivity index (χ4v) is 3.80. The third kappa shape index (κ3) is 1.98. The van der Waals surface area contributed by atoms with Gasteiger partial charge in [-0.1, -0.05) is 28.1 Å². The summed E-state index contributed by atoms with van der Waals surface area (Å²) in [4.78, 5) is 24.7. The summed E-state index contributed by atoms with van der Waals surface area (Å²) in [7, 11) is 0. The molecule has 22 heavy (non-hydrogen) atoms. The molecule has 1 atom stereocenters. The molecule has 2 aliphatic rings. The van der Waals surface area contributed by atoms with Gasteiger partial charge in [0.1, 0.15) is 5.82 Å². The Hall–Kier alpha value is -2.08. The molecule has 0 saturated carbocycles. The number of rotatable bonds is 1. The van der Waals surface area contributed by atoms with E-state index in [2.05, 4.69) is 31.4 Å². The van der Waals surface area contributed by atoms with Crippen LogP contribution >= 0.6 is 15.9 Å². The van der Waals surface area contributed by atoms with E-state index in [1.165, 1.54) is 0 Å². The van der Waals surface area contributed by atoms with Crippen LogP contribution in [0.25, 0.3) is 0 Å². The van der Waals surface area contributed by atoms with Crippen LogP contribution in [0.4, 0.5) is 5.82 Å². The van der Waals surface area contributed by atoms with Gasteiger partial charge in [-0.05, 0) is 30.5 Å². The molecule has 1 aromatic carbocycles. The normalized spacial score (nSPS) is 20.4. The van der Waals surface area contributed by atoms with Crippen LogP contribution < -0.4 is 10.9 Å². The van der Waals surface area contributed by atoms with Gasteiger partial charge in [0, 0.05) is 28.1 Å². The third-order valence-corrected chi connectivity index (χ3v) is 4.80. The summed E-state index contributed by atoms with van der Waals surface area (Å²) in [6.07, 6.45) is 2.22. The van der Waals surface area contributed by atoms with E-state index in [4.69, 9.17) is 0 Å². The van der Waals surface area contributed by atoms with Gasteiger partial charge in [-0.2, -0.15) is 0 Å². The van der Waals surface area contributed by atoms with E-state index in [9.17, 15) is 9.59 Å². The van der Waals surface area contributed by atoms with Crippen molar-refractivity contribution in [3.05, 3.63) is 61.5 Å². The van der Waals surface area contributed by atoms with Crippen molar-refractivity contribution < 1.29 is 4.79 Å². The minimum atomic E-state index is -0.313. The molecule has 4 rings (SSSR count). The monoisotopic (exact) mass is 359 g/mol. The van der Waals surface area contributed by atoms with Crippen molar-refractivity contribution in [1.82, 2.24) is 10.2 Å². The van der Waals surface area contributed by atoms with Gasteiger partial charge in [-0.25, -0.2) is 0 Å². The average Bonchev–Trinajstić information content (AvgIpc) is 2.87. The number of Topliss-reactive ketones (excluding diaryl/α,β-unsaturated/α-hetero) is 1. The first-order valence-electron chi connectivity index (χ1n) is 7.24. The smallest absolute Gasteiger partial charge is 0.270 e. The van der Waals surface area contributed by atoms with Crippen LogP contribution in [-0.4, -0.2) is 16.0 Å². The number of benzene rings is 1. The molecule has 1 aliphatic heterocycles. The highest BCUT2D eigenvalue weighted by atomic mass is 79.9. The van der Waals surface area contributed by atoms with Crippen LogP contribution in [0, 0.1) is 0 Å². The summed E-state index contributed by atoms with van der Waals surface area (Å²) in [5.41, 5.74) is 3.03. The molecule has 1 aromatic heterocycles. The fraction of sp³-hybridized carbons (Fsp3) is 0.250. The number of nitrogens with one attached hydrogen (secondary N) is 3. The predicted molar refractivity (Wildman–Crippen MR) is 86.9 cm³/mol. The Morgan fingerprint density at radius 3 is 2.82 bits per heavy atom. The lowest BCUT2D eigenvalue weighted by atomic mass is 9.77. The lowest BCUT2D eigenvalue weighted by molar-refractivity contribution is -0.116. The van der Waals surface area contributed by atoms with Crippen molar-refractivity contribution in [2.24, 2.45) is 0 Å². The number of carbonyl (C=O) groups excluding carboxylic acids is 1. The van der Waals surface area contributed by atoms with Crippen LogP contribution in [0.15, 0.2) is 44.8 Å². The molecule has 1 aliphatic carbocycles. The minimum absolute atomic E-state index is 0.130. The summed E-state index contributed by atoms with van der Waals surface area (Å²) < 4.78 is 0.933. The molecule has 3 N–H and O–H groups in total. The third-order valence-electron chi connectivity index (χ3n) is 4.31. The van der Waals surface area contributed by atoms with Crippen LogP contribution in [0.1, 0.15) is 36.3 Å². The first-order chi connectivity index (χ1) is 10.6. The zero-order valence-corrected chi connectivity index (χ0v) is 13.3. The van der Waals surface area contributed by atoms with Gasteiger partial charge >= 0.3 is 0 Å². The molecule has 0 amide bonds. The molecule has 0 bridgehead atoms. The molecular weight excluding hydrogens is 346 g/mol. The Morgan fingerprint density at radius 1 is 1.14 bits per heavy atom. The number of allylic oxidation sites excluding steroid dienone is 2. The number of aromatic amines is 2. The molecule has 0 saturated heterocycles. The largest absolute Gasteiger partial charge is 0.343 e. The van der Waals surface area contributed by atoms with E-state index in [0.717, 1.165) is 34.1 Å². The number of anilines is 1. The number of H-pyrrole nitrogens is 2. The van der Waals surface area contributed by atoms with Crippen molar-refractivity contribution in [1.29, 1.82) is 0 Å². The molecule has 5 nitrogen and oxygen atoms in total. The highest BCUT2D eigenvalue weighted by molar-refractivity contribution is 9.10. The van der Waals surface area contributed by atoms with Crippen molar-refractivity contribution in [2.45, 2.75) is 25.2 Å². The first-order valence-corrected chi connectivity index (χ1v) is 8.03. The van der Waals surface area contributed by atoms with E-state index in [1.807, 2.05) is 24.3 Å². The standard InChI is InChI=1S/C16H14BrN3O2/c17-9-4-1-3-8(7-9)12-13-10(5-2-6-11(13)21)18-15-14(12)16(22)20-19-15/h1,3-4,7,12H,2,5-6H2,(H3,18,19,20,22). The summed E-state index contributed by atoms with van der Waals surface area (Å²) >= 11 is 3.47. The van der Waals surface area contributed by atoms with Gasteiger partial charge in [0.2, 0.25) is 0 Å². The quantitative estimate of drug-likeness (QED) is 0.732. The highest BCUT2D eigenvalue weighted by Gasteiger charge is 2.37. The van der Waals surface area contributed by atoms with E-state index >= 15 is 0 Å². The zero-order chi connectivity index (χ0) is 15.3. The number of hydrogen-bond donors (Lipinski definition) is 3. The number of ketones is 1. The van der Waals surface area contributed by atoms with Gasteiger partial charge in [-0.3, -0.25) is 19.8 Å². The Labute approximate surface area is 134 Å². The molecule has 2 heterocycles. The topological polar surface area (TPSA) is 77.8 Å². The molecule has 112 valence electrons. The summed E-state index contributed by atoms with van der Waals surface area (Å²) in [5.74, 6) is 0.486. The van der Waals surface area contributed by atoms with Gasteiger partial charge in [0.15, 0.2) is 5.78 Å². The van der Waals surface area contributed by atoms with E-state index in [-0.39, 0.29) is 17.3 Å². The van der Waals surface area contributed by atoms with Gasteiger partial charge in [-0.15, -0.1) is 0 Å². The van der Waals surface area contributed by atoms with Crippen LogP contribution in [0.3, 0.4) is 0 Å². The number of fused-ring (bicyclic) bond motifs is 1. The molecular formula is C16H14BrN3O2. The van der Waals surface area contributed by atoms with Gasteiger partial charge in [0.25, 0.3) is 5.56 Å². The van der Waals surface area contributed by atoms with Crippen LogP contribution in [-0.2, 0) is 4.79 Å². The lowest BCUT2D eigenvalue weighted by Crippen LogP contribution is -2.29. The second-order valence-corrected chi connectivity index (χ2v) is 6.57. The van der Waals surface area contributed by atoms with Crippen LogP contribution in [0.5, 0.6) is 0 Å². The summed E-state index contributed by atoms with van der Waals surface area (Å²) in [6.45, 7) is 0. The predicted octanol–water partition coefficient (Wildman–Crippen LogP) is 3.03. The van der Waals surface area contributed by atoms with Crippen molar-refractivity contribution in [2.75, 3.05) is 5.32 Å². The van der Waals surface area contributed by atoms with Crippen molar-refractivity contribution in [3.63, 3.8) is 0 Å². The van der Waals surface area contributed by atoms with E-state index < -0.39 is 0 Å². The Balaban J connectivity index is 1.98. The van der Waals surface area contributed by atoms with Gasteiger partial charge in [0.05, 0.1) is 5.56 Å². The SMILES string of the molecule is O=C1CCCC2=C1C(c1cccc(Br)c1)c1c([nH][nH]c1=O)N2. The average molecular weight is 360 g/mol. The summed E-state index contributed by atoms with van der Waals surface area (Å²) in [5, 5.41) is 8.73. The van der Waals surface area contributed by atoms with Crippen molar-refractivity contribution >= 4 is 27.5 Å². The van der Waals surface area contributed by atoms with Gasteiger partial charge < -0.3 is 5.32 Å². The Bertz CT molecular complexity index is 862. The first kappa shape index (κ1) is 13.6. The molecule has 1 unspecified atom stereocenters. The Morgan fingerprint density at radius 2 is 2.00 bits per heavy atom. The minimum Gasteiger partial charge on any atom is -0.343 e. The highest BCUT2D eigenvalue weighted by Crippen LogP contribution is 2.43. The molecule has 0 spiro atoms. The molecule has 0 fully saturated rings. The maximum Gasteiger partial charge on any atom is 0.270 e. The second kappa shape index (κ2) is 4.98. The number of carbonyl (C=O) groups is 1. The number of halogens is 1.